The van der Waals surface area contributed by atoms with Crippen LogP contribution in [-0.4, -0.2) is 31.1 Å². The van der Waals surface area contributed by atoms with Gasteiger partial charge in [0.05, 0.1) is 31.9 Å². The monoisotopic (exact) mass is 271 g/mol. The number of nitrogens with zero attached hydrogens (tertiary/aromatic N) is 1. The van der Waals surface area contributed by atoms with Crippen molar-refractivity contribution >= 4 is 23.5 Å². The number of halogens is 1. The minimum atomic E-state index is -0.489. The summed E-state index contributed by atoms with van der Waals surface area (Å²) in [5.41, 5.74) is 1.46. The molecule has 0 aliphatic rings. The van der Waals surface area contributed by atoms with Crippen molar-refractivity contribution in [3.05, 3.63) is 28.0 Å². The molecule has 0 aliphatic heterocycles. The number of pyridine rings is 1. The molecule has 0 N–H and O–H groups in total. The molecule has 6 heteroatoms. The number of esters is 2. The third-order valence-corrected chi connectivity index (χ3v) is 2.64. The largest absolute Gasteiger partial charge is 0.469 e. The van der Waals surface area contributed by atoms with Crippen molar-refractivity contribution in [3.8, 4) is 0 Å². The zero-order chi connectivity index (χ0) is 13.7. The fraction of sp³-hybridized carbons (Fsp3) is 0.417. The minimum absolute atomic E-state index is 0.132. The van der Waals surface area contributed by atoms with E-state index in [1.54, 1.807) is 13.0 Å². The van der Waals surface area contributed by atoms with Gasteiger partial charge in [-0.1, -0.05) is 11.6 Å². The average molecular weight is 272 g/mol. The van der Waals surface area contributed by atoms with Gasteiger partial charge < -0.3 is 9.47 Å². The summed E-state index contributed by atoms with van der Waals surface area (Å²) in [6.07, 6.45) is 0.409. The number of aryl methyl sites for hydroxylation is 2. The van der Waals surface area contributed by atoms with Crippen LogP contribution in [0.15, 0.2) is 6.07 Å². The summed E-state index contributed by atoms with van der Waals surface area (Å²) in [7, 11) is 2.60. The summed E-state index contributed by atoms with van der Waals surface area (Å²) in [6, 6.07) is 1.58. The maximum atomic E-state index is 11.7. The molecule has 0 fully saturated rings. The highest BCUT2D eigenvalue weighted by Gasteiger charge is 2.18. The van der Waals surface area contributed by atoms with Gasteiger partial charge in [-0.05, 0) is 18.6 Å². The Balaban J connectivity index is 3.07. The molecule has 1 aromatic heterocycles. The third kappa shape index (κ3) is 3.43. The first-order valence-corrected chi connectivity index (χ1v) is 5.68. The highest BCUT2D eigenvalue weighted by atomic mass is 35.5. The van der Waals surface area contributed by atoms with E-state index in [1.807, 2.05) is 0 Å². The molecule has 0 saturated carbocycles. The molecule has 0 aliphatic carbocycles. The molecule has 0 amide bonds. The van der Waals surface area contributed by atoms with Gasteiger partial charge in [-0.15, -0.1) is 0 Å². The Kier molecular flexibility index (Phi) is 5.09. The van der Waals surface area contributed by atoms with Crippen molar-refractivity contribution in [2.45, 2.75) is 19.8 Å². The van der Waals surface area contributed by atoms with Gasteiger partial charge >= 0.3 is 11.9 Å². The molecule has 1 rings (SSSR count). The Morgan fingerprint density at radius 1 is 1.33 bits per heavy atom. The molecule has 5 nitrogen and oxygen atoms in total. The van der Waals surface area contributed by atoms with E-state index >= 15 is 0 Å². The third-order valence-electron chi connectivity index (χ3n) is 2.44. The van der Waals surface area contributed by atoms with E-state index in [1.165, 1.54) is 14.2 Å². The van der Waals surface area contributed by atoms with Crippen molar-refractivity contribution in [2.24, 2.45) is 0 Å². The van der Waals surface area contributed by atoms with E-state index in [2.05, 4.69) is 9.72 Å². The number of aromatic nitrogens is 1. The Morgan fingerprint density at radius 3 is 2.56 bits per heavy atom. The molecule has 0 bridgehead atoms. The van der Waals surface area contributed by atoms with Crippen molar-refractivity contribution in [3.63, 3.8) is 0 Å². The first kappa shape index (κ1) is 14.4. The van der Waals surface area contributed by atoms with Gasteiger partial charge in [0, 0.05) is 6.42 Å². The van der Waals surface area contributed by atoms with Gasteiger partial charge in [-0.2, -0.15) is 0 Å². The van der Waals surface area contributed by atoms with Crippen LogP contribution in [0.2, 0.25) is 5.15 Å². The minimum Gasteiger partial charge on any atom is -0.469 e. The van der Waals surface area contributed by atoms with Gasteiger partial charge in [0.15, 0.2) is 0 Å². The van der Waals surface area contributed by atoms with Gasteiger partial charge in [0.2, 0.25) is 0 Å². The topological polar surface area (TPSA) is 65.5 Å². The number of methoxy groups -OCH3 is 2. The van der Waals surface area contributed by atoms with Crippen LogP contribution in [0.3, 0.4) is 0 Å². The summed E-state index contributed by atoms with van der Waals surface area (Å²) in [4.78, 5) is 26.8. The van der Waals surface area contributed by atoms with Crippen molar-refractivity contribution in [1.82, 2.24) is 4.98 Å². The molecule has 0 spiro atoms. The lowest BCUT2D eigenvalue weighted by molar-refractivity contribution is -0.140. The smallest absolute Gasteiger partial charge is 0.339 e. The number of carbonyl (C=O) groups is 2. The molecular formula is C12H14ClNO4. The molecule has 1 aromatic rings. The quantitative estimate of drug-likeness (QED) is 0.618. The zero-order valence-electron chi connectivity index (χ0n) is 10.4. The molecule has 1 heterocycles. The second-order valence-electron chi connectivity index (χ2n) is 3.65. The fourth-order valence-corrected chi connectivity index (χ4v) is 1.85. The number of ether oxygens (including phenoxy) is 2. The Hall–Kier alpha value is -1.62. The Bertz CT molecular complexity index is 473. The summed E-state index contributed by atoms with van der Waals surface area (Å²) in [5, 5.41) is 0.278. The SMILES string of the molecule is COC(=O)CCc1nc(Cl)cc(C)c1C(=O)OC. The van der Waals surface area contributed by atoms with Gasteiger partial charge in [0.25, 0.3) is 0 Å². The second kappa shape index (κ2) is 6.35. The molecule has 0 saturated heterocycles. The molecule has 98 valence electrons. The standard InChI is InChI=1S/C12H14ClNO4/c1-7-6-9(13)14-8(4-5-10(15)17-2)11(7)12(16)18-3/h6H,4-5H2,1-3H3. The van der Waals surface area contributed by atoms with Crippen LogP contribution >= 0.6 is 11.6 Å². The molecule has 0 aromatic carbocycles. The van der Waals surface area contributed by atoms with Gasteiger partial charge in [-0.25, -0.2) is 9.78 Å². The van der Waals surface area contributed by atoms with Crippen molar-refractivity contribution in [1.29, 1.82) is 0 Å². The van der Waals surface area contributed by atoms with Crippen LogP contribution in [0.4, 0.5) is 0 Å². The fourth-order valence-electron chi connectivity index (χ4n) is 1.58. The predicted molar refractivity (Wildman–Crippen MR) is 65.7 cm³/mol. The number of carbonyl (C=O) groups excluding carboxylic acids is 2. The second-order valence-corrected chi connectivity index (χ2v) is 4.04. The maximum absolute atomic E-state index is 11.7. The summed E-state index contributed by atoms with van der Waals surface area (Å²) in [5.74, 6) is -0.859. The molecular weight excluding hydrogens is 258 g/mol. The summed E-state index contributed by atoms with van der Waals surface area (Å²) >= 11 is 5.84. The molecule has 0 unspecified atom stereocenters. The normalized spacial score (nSPS) is 10.0. The highest BCUT2D eigenvalue weighted by molar-refractivity contribution is 6.29. The molecule has 0 radical (unpaired) electrons. The lowest BCUT2D eigenvalue weighted by atomic mass is 10.0. The zero-order valence-corrected chi connectivity index (χ0v) is 11.2. The van der Waals surface area contributed by atoms with E-state index in [-0.39, 0.29) is 24.0 Å². The number of hydrogen-bond acceptors (Lipinski definition) is 5. The van der Waals surface area contributed by atoms with Crippen LogP contribution in [0.1, 0.15) is 28.0 Å². The van der Waals surface area contributed by atoms with Crippen LogP contribution < -0.4 is 0 Å². The average Bonchev–Trinajstić information content (AvgIpc) is 2.34. The molecule has 18 heavy (non-hydrogen) atoms. The summed E-state index contributed by atoms with van der Waals surface area (Å²) in [6.45, 7) is 1.74. The van der Waals surface area contributed by atoms with E-state index in [0.29, 0.717) is 16.8 Å². The molecule has 0 atom stereocenters. The number of rotatable bonds is 4. The van der Waals surface area contributed by atoms with E-state index in [4.69, 9.17) is 16.3 Å². The van der Waals surface area contributed by atoms with Gasteiger partial charge in [-0.3, -0.25) is 4.79 Å². The first-order chi connectivity index (χ1) is 8.49. The van der Waals surface area contributed by atoms with E-state index in [0.717, 1.165) is 0 Å². The van der Waals surface area contributed by atoms with Crippen molar-refractivity contribution < 1.29 is 19.1 Å². The lowest BCUT2D eigenvalue weighted by Crippen LogP contribution is -2.12. The maximum Gasteiger partial charge on any atom is 0.339 e. The van der Waals surface area contributed by atoms with Gasteiger partial charge in [0.1, 0.15) is 5.15 Å². The highest BCUT2D eigenvalue weighted by Crippen LogP contribution is 2.19. The van der Waals surface area contributed by atoms with Crippen molar-refractivity contribution in [2.75, 3.05) is 14.2 Å². The predicted octanol–water partition coefficient (Wildman–Crippen LogP) is 1.94. The summed E-state index contributed by atoms with van der Waals surface area (Å²) < 4.78 is 9.24. The van der Waals surface area contributed by atoms with E-state index < -0.39 is 5.97 Å². The van der Waals surface area contributed by atoms with Crippen LogP contribution in [0, 0.1) is 6.92 Å². The number of hydrogen-bond donors (Lipinski definition) is 0. The Morgan fingerprint density at radius 2 is 2.00 bits per heavy atom. The Labute approximate surface area is 110 Å². The lowest BCUT2D eigenvalue weighted by Gasteiger charge is -2.10. The van der Waals surface area contributed by atoms with E-state index in [9.17, 15) is 9.59 Å². The van der Waals surface area contributed by atoms with Crippen LogP contribution in [0.5, 0.6) is 0 Å². The van der Waals surface area contributed by atoms with Crippen LogP contribution in [0.25, 0.3) is 0 Å². The van der Waals surface area contributed by atoms with Crippen LogP contribution in [-0.2, 0) is 20.7 Å². The first-order valence-electron chi connectivity index (χ1n) is 5.30.